The molecule has 6 heteroatoms. The number of methoxy groups -OCH3 is 2. The van der Waals surface area contributed by atoms with Crippen LogP contribution in [0.1, 0.15) is 30.5 Å². The van der Waals surface area contributed by atoms with Gasteiger partial charge in [-0.2, -0.15) is 0 Å². The van der Waals surface area contributed by atoms with Gasteiger partial charge >= 0.3 is 6.03 Å². The van der Waals surface area contributed by atoms with Crippen LogP contribution in [0.25, 0.3) is 0 Å². The van der Waals surface area contributed by atoms with E-state index in [0.717, 1.165) is 17.5 Å². The third-order valence-electron chi connectivity index (χ3n) is 4.11. The third kappa shape index (κ3) is 5.56. The zero-order valence-corrected chi connectivity index (χ0v) is 16.1. The fourth-order valence-electron chi connectivity index (χ4n) is 2.71. The van der Waals surface area contributed by atoms with Crippen LogP contribution < -0.4 is 20.1 Å². The zero-order chi connectivity index (χ0) is 18.9. The molecule has 0 heterocycles. The molecule has 26 heavy (non-hydrogen) atoms. The van der Waals surface area contributed by atoms with Gasteiger partial charge in [0.05, 0.1) is 20.3 Å². The fraction of sp³-hybridized carbons (Fsp3) is 0.350. The normalized spacial score (nSPS) is 11.5. The maximum Gasteiger partial charge on any atom is 0.315 e. The van der Waals surface area contributed by atoms with E-state index in [1.165, 1.54) is 0 Å². The first-order valence-electron chi connectivity index (χ1n) is 8.58. The Kier molecular flexibility index (Phi) is 7.60. The van der Waals surface area contributed by atoms with Gasteiger partial charge in [-0.3, -0.25) is 0 Å². The molecule has 0 saturated carbocycles. The number of hydrogen-bond donors (Lipinski definition) is 2. The van der Waals surface area contributed by atoms with E-state index in [1.54, 1.807) is 14.2 Å². The van der Waals surface area contributed by atoms with Crippen LogP contribution in [-0.2, 0) is 6.42 Å². The number of hydrogen-bond acceptors (Lipinski definition) is 3. The topological polar surface area (TPSA) is 59.6 Å². The molecule has 1 unspecified atom stereocenters. The van der Waals surface area contributed by atoms with Crippen LogP contribution in [0.5, 0.6) is 11.5 Å². The molecule has 1 atom stereocenters. The molecule has 0 fully saturated rings. The van der Waals surface area contributed by atoms with E-state index in [4.69, 9.17) is 21.1 Å². The monoisotopic (exact) mass is 376 g/mol. The highest BCUT2D eigenvalue weighted by Crippen LogP contribution is 2.27. The summed E-state index contributed by atoms with van der Waals surface area (Å²) in [4.78, 5) is 12.2. The summed E-state index contributed by atoms with van der Waals surface area (Å²) in [6, 6.07) is 13.0. The minimum Gasteiger partial charge on any atom is -0.493 e. The average Bonchev–Trinajstić information content (AvgIpc) is 2.65. The molecule has 5 nitrogen and oxygen atoms in total. The minimum atomic E-state index is -0.197. The lowest BCUT2D eigenvalue weighted by Gasteiger charge is -2.18. The molecule has 2 rings (SSSR count). The summed E-state index contributed by atoms with van der Waals surface area (Å²) in [5.74, 6) is 1.37. The van der Waals surface area contributed by atoms with Gasteiger partial charge in [-0.25, -0.2) is 4.79 Å². The lowest BCUT2D eigenvalue weighted by Crippen LogP contribution is -2.38. The van der Waals surface area contributed by atoms with Crippen molar-refractivity contribution in [1.29, 1.82) is 0 Å². The molecule has 2 N–H and O–H groups in total. The maximum atomic E-state index is 12.2. The predicted octanol–water partition coefficient (Wildman–Crippen LogP) is 4.35. The molecular weight excluding hydrogens is 352 g/mol. The molecule has 140 valence electrons. The first-order chi connectivity index (χ1) is 12.6. The molecule has 0 radical (unpaired) electrons. The molecule has 2 amide bonds. The van der Waals surface area contributed by atoms with E-state index in [9.17, 15) is 4.79 Å². The average molecular weight is 377 g/mol. The standard InChI is InChI=1S/C20H25ClN2O3/c1-4-17(15-6-5-7-16(21)13-15)23-20(24)22-11-10-14-8-9-18(25-2)19(12-14)26-3/h5-9,12-13,17H,4,10-11H2,1-3H3,(H2,22,23,24). The van der Waals surface area contributed by atoms with Crippen molar-refractivity contribution >= 4 is 17.6 Å². The largest absolute Gasteiger partial charge is 0.493 e. The zero-order valence-electron chi connectivity index (χ0n) is 15.3. The van der Waals surface area contributed by atoms with Gasteiger partial charge in [-0.15, -0.1) is 0 Å². The summed E-state index contributed by atoms with van der Waals surface area (Å²) in [7, 11) is 3.21. The molecule has 0 aliphatic carbocycles. The van der Waals surface area contributed by atoms with Gasteiger partial charge in [0.1, 0.15) is 0 Å². The molecule has 0 bridgehead atoms. The van der Waals surface area contributed by atoms with Crippen molar-refractivity contribution < 1.29 is 14.3 Å². The second kappa shape index (κ2) is 9.92. The van der Waals surface area contributed by atoms with E-state index >= 15 is 0 Å². The highest BCUT2D eigenvalue weighted by molar-refractivity contribution is 6.30. The quantitative estimate of drug-likeness (QED) is 0.720. The van der Waals surface area contributed by atoms with Gasteiger partial charge in [0.25, 0.3) is 0 Å². The lowest BCUT2D eigenvalue weighted by atomic mass is 10.1. The predicted molar refractivity (Wildman–Crippen MR) is 104 cm³/mol. The van der Waals surface area contributed by atoms with Crippen molar-refractivity contribution in [2.45, 2.75) is 25.8 Å². The smallest absolute Gasteiger partial charge is 0.315 e. The number of amides is 2. The summed E-state index contributed by atoms with van der Waals surface area (Å²) < 4.78 is 10.5. The molecule has 0 aliphatic heterocycles. The van der Waals surface area contributed by atoms with Crippen molar-refractivity contribution in [1.82, 2.24) is 10.6 Å². The summed E-state index contributed by atoms with van der Waals surface area (Å²) in [5, 5.41) is 6.54. The third-order valence-corrected chi connectivity index (χ3v) is 4.35. The van der Waals surface area contributed by atoms with Gasteiger partial charge in [0.15, 0.2) is 11.5 Å². The van der Waals surface area contributed by atoms with Crippen molar-refractivity contribution in [2.24, 2.45) is 0 Å². The molecule has 0 aromatic heterocycles. The second-order valence-electron chi connectivity index (χ2n) is 5.86. The fourth-order valence-corrected chi connectivity index (χ4v) is 2.91. The molecular formula is C20H25ClN2O3. The van der Waals surface area contributed by atoms with E-state index in [-0.39, 0.29) is 12.1 Å². The Labute approximate surface area is 159 Å². The SMILES string of the molecule is CCC(NC(=O)NCCc1ccc(OC)c(OC)c1)c1cccc(Cl)c1. The number of rotatable bonds is 8. The van der Waals surface area contributed by atoms with Gasteiger partial charge in [-0.1, -0.05) is 36.7 Å². The van der Waals surface area contributed by atoms with Crippen LogP contribution in [0.15, 0.2) is 42.5 Å². The molecule has 0 aliphatic rings. The number of halogens is 1. The number of benzene rings is 2. The van der Waals surface area contributed by atoms with Gasteiger partial charge in [0, 0.05) is 11.6 Å². The number of ether oxygens (including phenoxy) is 2. The number of carbonyl (C=O) groups excluding carboxylic acids is 1. The Morgan fingerprint density at radius 1 is 1.12 bits per heavy atom. The Balaban J connectivity index is 1.86. The van der Waals surface area contributed by atoms with Gasteiger partial charge in [-0.05, 0) is 48.2 Å². The summed E-state index contributed by atoms with van der Waals surface area (Å²) in [6.07, 6.45) is 1.48. The Morgan fingerprint density at radius 3 is 2.54 bits per heavy atom. The van der Waals surface area contributed by atoms with Crippen molar-refractivity contribution in [3.63, 3.8) is 0 Å². The molecule has 0 spiro atoms. The second-order valence-corrected chi connectivity index (χ2v) is 6.29. The van der Waals surface area contributed by atoms with Crippen molar-refractivity contribution in [3.8, 4) is 11.5 Å². The number of urea groups is 1. The molecule has 2 aromatic rings. The van der Waals surface area contributed by atoms with Crippen molar-refractivity contribution in [3.05, 3.63) is 58.6 Å². The van der Waals surface area contributed by atoms with Crippen molar-refractivity contribution in [2.75, 3.05) is 20.8 Å². The highest BCUT2D eigenvalue weighted by Gasteiger charge is 2.13. The Hall–Kier alpha value is -2.40. The van der Waals surface area contributed by atoms with Crippen LogP contribution in [0, 0.1) is 0 Å². The van der Waals surface area contributed by atoms with Crippen LogP contribution in [0.4, 0.5) is 4.79 Å². The number of carbonyl (C=O) groups is 1. The van der Waals surface area contributed by atoms with Crippen LogP contribution in [0.2, 0.25) is 5.02 Å². The van der Waals surface area contributed by atoms with Gasteiger partial charge < -0.3 is 20.1 Å². The molecule has 0 saturated heterocycles. The van der Waals surface area contributed by atoms with E-state index in [2.05, 4.69) is 10.6 Å². The van der Waals surface area contributed by atoms with E-state index < -0.39 is 0 Å². The minimum absolute atomic E-state index is 0.0743. The lowest BCUT2D eigenvalue weighted by molar-refractivity contribution is 0.237. The highest BCUT2D eigenvalue weighted by atomic mass is 35.5. The van der Waals surface area contributed by atoms with Gasteiger partial charge in [0.2, 0.25) is 0 Å². The summed E-state index contributed by atoms with van der Waals surface area (Å²) in [5.41, 5.74) is 2.06. The van der Waals surface area contributed by atoms with Crippen LogP contribution in [-0.4, -0.2) is 26.8 Å². The Morgan fingerprint density at radius 2 is 1.88 bits per heavy atom. The molecule has 2 aromatic carbocycles. The summed E-state index contributed by atoms with van der Waals surface area (Å²) in [6.45, 7) is 2.54. The van der Waals surface area contributed by atoms with Crippen LogP contribution in [0.3, 0.4) is 0 Å². The number of nitrogens with one attached hydrogen (secondary N) is 2. The first-order valence-corrected chi connectivity index (χ1v) is 8.96. The van der Waals surface area contributed by atoms with Crippen LogP contribution >= 0.6 is 11.6 Å². The summed E-state index contributed by atoms with van der Waals surface area (Å²) >= 11 is 6.03. The first kappa shape index (κ1) is 19.9. The van der Waals surface area contributed by atoms with E-state index in [0.29, 0.717) is 29.5 Å². The Bertz CT molecular complexity index is 737. The van der Waals surface area contributed by atoms with E-state index in [1.807, 2.05) is 49.4 Å². The maximum absolute atomic E-state index is 12.2.